The highest BCUT2D eigenvalue weighted by Crippen LogP contribution is 2.16. The molecule has 0 aromatic carbocycles. The van der Waals surface area contributed by atoms with Crippen LogP contribution in [-0.4, -0.2) is 41.7 Å². The number of sulfonamides is 1. The third-order valence-corrected chi connectivity index (χ3v) is 4.53. The van der Waals surface area contributed by atoms with E-state index in [0.29, 0.717) is 35.0 Å². The van der Waals surface area contributed by atoms with Gasteiger partial charge in [0.25, 0.3) is 5.56 Å². The predicted molar refractivity (Wildman–Crippen MR) is 98.1 cm³/mol. The monoisotopic (exact) mass is 365 g/mol. The van der Waals surface area contributed by atoms with Gasteiger partial charge in [-0.05, 0) is 39.8 Å². The van der Waals surface area contributed by atoms with E-state index >= 15 is 0 Å². The molecule has 0 aliphatic carbocycles. The molecule has 0 saturated carbocycles. The number of anilines is 1. The Morgan fingerprint density at radius 3 is 2.44 bits per heavy atom. The van der Waals surface area contributed by atoms with Crippen molar-refractivity contribution in [2.75, 3.05) is 18.1 Å². The molecule has 0 spiro atoms. The molecule has 0 atom stereocenters. The number of nitrogens with one attached hydrogen (secondary N) is 3. The lowest BCUT2D eigenvalue weighted by Crippen LogP contribution is -2.47. The molecule has 3 N–H and O–H groups in total. The molecule has 0 saturated heterocycles. The fourth-order valence-corrected chi connectivity index (χ4v) is 3.35. The van der Waals surface area contributed by atoms with E-state index in [1.807, 2.05) is 0 Å². The van der Waals surface area contributed by atoms with Gasteiger partial charge in [-0.2, -0.15) is 0 Å². The maximum Gasteiger partial charge on any atom is 0.254 e. The number of nitrogens with zero attached hydrogens (tertiary/aromatic N) is 2. The van der Waals surface area contributed by atoms with Gasteiger partial charge in [-0.1, -0.05) is 0 Å². The molecule has 0 unspecified atom stereocenters. The minimum Gasteiger partial charge on any atom is -0.368 e. The van der Waals surface area contributed by atoms with E-state index in [2.05, 4.69) is 25.0 Å². The van der Waals surface area contributed by atoms with Gasteiger partial charge < -0.3 is 10.3 Å². The van der Waals surface area contributed by atoms with Crippen LogP contribution in [0.2, 0.25) is 0 Å². The fraction of sp³-hybridized carbons (Fsp3) is 0.438. The molecule has 2 rings (SSSR count). The Morgan fingerprint density at radius 1 is 1.24 bits per heavy atom. The van der Waals surface area contributed by atoms with Gasteiger partial charge in [-0.3, -0.25) is 4.79 Å². The number of H-pyrrole nitrogens is 1. The molecule has 8 nitrogen and oxygen atoms in total. The number of hydrogen-bond donors (Lipinski definition) is 3. The molecule has 0 amide bonds. The summed E-state index contributed by atoms with van der Waals surface area (Å²) in [6.45, 7) is 7.43. The molecule has 0 aliphatic rings. The number of aromatic amines is 1. The van der Waals surface area contributed by atoms with Gasteiger partial charge in [0, 0.05) is 35.1 Å². The lowest BCUT2D eigenvalue weighted by molar-refractivity contribution is 0.476. The third-order valence-electron chi connectivity index (χ3n) is 3.60. The van der Waals surface area contributed by atoms with Crippen LogP contribution in [0.4, 0.5) is 5.82 Å². The van der Waals surface area contributed by atoms with Gasteiger partial charge in [0.05, 0.1) is 6.26 Å². The lowest BCUT2D eigenvalue weighted by Gasteiger charge is -2.25. The standard InChI is InChI=1S/C16H23N5O3S/c1-10-11(2)19-14(20-15(10)22)12-6-7-13(17-8-12)18-9-16(3,4)21-25(5,23)24/h6-8,21H,9H2,1-5H3,(H,17,18)(H,19,20,22). The van der Waals surface area contributed by atoms with Crippen LogP contribution < -0.4 is 15.6 Å². The quantitative estimate of drug-likeness (QED) is 0.708. The summed E-state index contributed by atoms with van der Waals surface area (Å²) in [5.74, 6) is 1.06. The van der Waals surface area contributed by atoms with Crippen LogP contribution in [0.15, 0.2) is 23.1 Å². The van der Waals surface area contributed by atoms with Crippen molar-refractivity contribution >= 4 is 15.8 Å². The smallest absolute Gasteiger partial charge is 0.254 e. The zero-order valence-corrected chi connectivity index (χ0v) is 15.8. The Kier molecular flexibility index (Phi) is 5.28. The van der Waals surface area contributed by atoms with E-state index in [0.717, 1.165) is 6.26 Å². The maximum atomic E-state index is 11.8. The van der Waals surface area contributed by atoms with Gasteiger partial charge in [-0.25, -0.2) is 23.1 Å². The number of aromatic nitrogens is 3. The van der Waals surface area contributed by atoms with Gasteiger partial charge >= 0.3 is 0 Å². The Bertz CT molecular complexity index is 918. The molecule has 0 fully saturated rings. The predicted octanol–water partition coefficient (Wildman–Crippen LogP) is 1.19. The summed E-state index contributed by atoms with van der Waals surface area (Å²) in [6, 6.07) is 3.54. The first-order chi connectivity index (χ1) is 11.5. The molecule has 136 valence electrons. The van der Waals surface area contributed by atoms with Crippen molar-refractivity contribution in [2.45, 2.75) is 33.2 Å². The molecule has 2 heterocycles. The highest BCUT2D eigenvalue weighted by molar-refractivity contribution is 7.88. The summed E-state index contributed by atoms with van der Waals surface area (Å²) in [4.78, 5) is 23.2. The van der Waals surface area contributed by atoms with Crippen LogP contribution >= 0.6 is 0 Å². The molecule has 9 heteroatoms. The summed E-state index contributed by atoms with van der Waals surface area (Å²) >= 11 is 0. The number of aryl methyl sites for hydroxylation is 1. The molecule has 0 aliphatic heterocycles. The first-order valence-electron chi connectivity index (χ1n) is 7.74. The number of rotatable bonds is 6. The SMILES string of the molecule is Cc1nc(-c2ccc(NCC(C)(C)NS(C)(=O)=O)nc2)[nH]c(=O)c1C. The largest absolute Gasteiger partial charge is 0.368 e. The highest BCUT2D eigenvalue weighted by atomic mass is 32.2. The maximum absolute atomic E-state index is 11.8. The minimum atomic E-state index is -3.29. The van der Waals surface area contributed by atoms with E-state index in [4.69, 9.17) is 0 Å². The van der Waals surface area contributed by atoms with Crippen molar-refractivity contribution in [2.24, 2.45) is 0 Å². The van der Waals surface area contributed by atoms with E-state index in [1.54, 1.807) is 46.0 Å². The Morgan fingerprint density at radius 2 is 1.92 bits per heavy atom. The van der Waals surface area contributed by atoms with Crippen LogP contribution in [0.5, 0.6) is 0 Å². The Hall–Kier alpha value is -2.26. The normalized spacial score (nSPS) is 12.2. The van der Waals surface area contributed by atoms with Crippen molar-refractivity contribution < 1.29 is 8.42 Å². The molecule has 0 bridgehead atoms. The van der Waals surface area contributed by atoms with Crippen molar-refractivity contribution in [3.05, 3.63) is 39.9 Å². The first-order valence-corrected chi connectivity index (χ1v) is 9.63. The van der Waals surface area contributed by atoms with E-state index in [1.165, 1.54) is 0 Å². The summed E-state index contributed by atoms with van der Waals surface area (Å²) in [5.41, 5.74) is 1.14. The van der Waals surface area contributed by atoms with Crippen LogP contribution in [0.3, 0.4) is 0 Å². The topological polar surface area (TPSA) is 117 Å². The van der Waals surface area contributed by atoms with E-state index in [-0.39, 0.29) is 5.56 Å². The van der Waals surface area contributed by atoms with Gasteiger partial charge in [0.1, 0.15) is 11.6 Å². The lowest BCUT2D eigenvalue weighted by atomic mass is 10.1. The molecule has 2 aromatic heterocycles. The second-order valence-electron chi connectivity index (χ2n) is 6.67. The molecular formula is C16H23N5O3S. The molecule has 25 heavy (non-hydrogen) atoms. The van der Waals surface area contributed by atoms with Crippen LogP contribution in [0.1, 0.15) is 25.1 Å². The van der Waals surface area contributed by atoms with E-state index in [9.17, 15) is 13.2 Å². The first kappa shape index (κ1) is 19.1. The second-order valence-corrected chi connectivity index (χ2v) is 8.42. The van der Waals surface area contributed by atoms with Crippen molar-refractivity contribution in [3.8, 4) is 11.4 Å². The summed E-state index contributed by atoms with van der Waals surface area (Å²) in [6.07, 6.45) is 2.73. The average Bonchev–Trinajstić information content (AvgIpc) is 2.48. The third kappa shape index (κ3) is 5.36. The highest BCUT2D eigenvalue weighted by Gasteiger charge is 2.21. The fourth-order valence-electron chi connectivity index (χ4n) is 2.27. The Balaban J connectivity index is 2.12. The van der Waals surface area contributed by atoms with Gasteiger partial charge in [-0.15, -0.1) is 0 Å². The summed E-state index contributed by atoms with van der Waals surface area (Å²) < 4.78 is 25.2. The van der Waals surface area contributed by atoms with Crippen molar-refractivity contribution in [1.29, 1.82) is 0 Å². The number of hydrogen-bond acceptors (Lipinski definition) is 6. The van der Waals surface area contributed by atoms with Gasteiger partial charge in [0.2, 0.25) is 10.0 Å². The van der Waals surface area contributed by atoms with Crippen LogP contribution in [-0.2, 0) is 10.0 Å². The average molecular weight is 365 g/mol. The number of pyridine rings is 1. The summed E-state index contributed by atoms with van der Waals surface area (Å²) in [7, 11) is -3.29. The van der Waals surface area contributed by atoms with E-state index < -0.39 is 15.6 Å². The summed E-state index contributed by atoms with van der Waals surface area (Å²) in [5, 5.41) is 3.09. The Labute approximate surface area is 147 Å². The molecule has 0 radical (unpaired) electrons. The minimum absolute atomic E-state index is 0.168. The zero-order chi connectivity index (χ0) is 18.8. The van der Waals surface area contributed by atoms with Crippen molar-refractivity contribution in [1.82, 2.24) is 19.7 Å². The molecular weight excluding hydrogens is 342 g/mol. The molecule has 2 aromatic rings. The second kappa shape index (κ2) is 6.93. The van der Waals surface area contributed by atoms with Crippen molar-refractivity contribution in [3.63, 3.8) is 0 Å². The van der Waals surface area contributed by atoms with Crippen LogP contribution in [0, 0.1) is 13.8 Å². The zero-order valence-electron chi connectivity index (χ0n) is 15.0. The van der Waals surface area contributed by atoms with Gasteiger partial charge in [0.15, 0.2) is 0 Å². The van der Waals surface area contributed by atoms with Crippen LogP contribution in [0.25, 0.3) is 11.4 Å².